The van der Waals surface area contributed by atoms with Crippen LogP contribution in [-0.4, -0.2) is 65.2 Å². The lowest BCUT2D eigenvalue weighted by Gasteiger charge is -2.23. The maximum atomic E-state index is 13.0. The summed E-state index contributed by atoms with van der Waals surface area (Å²) in [6.07, 6.45) is 2.04. The van der Waals surface area contributed by atoms with Gasteiger partial charge in [-0.1, -0.05) is 5.21 Å². The summed E-state index contributed by atoms with van der Waals surface area (Å²) in [7, 11) is 1.91. The standard InChI is InChI=1S/C18H23N5O3.ClH/c1-12-17(18(24)22-7-3-4-14(22)11-19-2)20-21-23(12)13-5-6-15-16(10-13)26-9-8-25-15;/h5-6,10,14,19H,3-4,7-9,11H2,1-2H3;1H. The van der Waals surface area contributed by atoms with Crippen molar-refractivity contribution in [2.24, 2.45) is 0 Å². The Labute approximate surface area is 164 Å². The molecule has 2 aliphatic heterocycles. The normalized spacial score (nSPS) is 18.3. The van der Waals surface area contributed by atoms with Crippen molar-refractivity contribution in [2.75, 3.05) is 33.4 Å². The predicted octanol–water partition coefficient (Wildman–Crippen LogP) is 1.59. The quantitative estimate of drug-likeness (QED) is 0.849. The number of hydrogen-bond acceptors (Lipinski definition) is 6. The van der Waals surface area contributed by atoms with Crippen LogP contribution in [0.1, 0.15) is 29.0 Å². The molecule has 1 saturated heterocycles. The van der Waals surface area contributed by atoms with Gasteiger partial charge in [-0.05, 0) is 38.9 Å². The fourth-order valence-electron chi connectivity index (χ4n) is 3.62. The van der Waals surface area contributed by atoms with Crippen LogP contribution in [0.3, 0.4) is 0 Å². The van der Waals surface area contributed by atoms with Gasteiger partial charge in [-0.3, -0.25) is 4.79 Å². The monoisotopic (exact) mass is 393 g/mol. The van der Waals surface area contributed by atoms with E-state index in [0.717, 1.165) is 43.1 Å². The van der Waals surface area contributed by atoms with Crippen molar-refractivity contribution in [1.29, 1.82) is 0 Å². The van der Waals surface area contributed by atoms with Gasteiger partial charge in [0.2, 0.25) is 0 Å². The number of nitrogens with one attached hydrogen (secondary N) is 1. The van der Waals surface area contributed by atoms with Gasteiger partial charge in [0.15, 0.2) is 17.2 Å². The molecule has 1 N–H and O–H groups in total. The molecule has 9 heteroatoms. The summed E-state index contributed by atoms with van der Waals surface area (Å²) in [6, 6.07) is 5.83. The number of hydrogen-bond donors (Lipinski definition) is 1. The van der Waals surface area contributed by atoms with E-state index in [4.69, 9.17) is 9.47 Å². The first-order valence-electron chi connectivity index (χ1n) is 8.97. The van der Waals surface area contributed by atoms with E-state index < -0.39 is 0 Å². The molecule has 1 aromatic carbocycles. The number of likely N-dealkylation sites (N-methyl/N-ethyl adjacent to an activating group) is 1. The first-order valence-corrected chi connectivity index (χ1v) is 8.97. The van der Waals surface area contributed by atoms with Gasteiger partial charge in [0, 0.05) is 25.2 Å². The number of aromatic nitrogens is 3. The average Bonchev–Trinajstić information content (AvgIpc) is 3.28. The largest absolute Gasteiger partial charge is 0.486 e. The highest BCUT2D eigenvalue weighted by atomic mass is 35.5. The van der Waals surface area contributed by atoms with Crippen molar-refractivity contribution >= 4 is 18.3 Å². The smallest absolute Gasteiger partial charge is 0.276 e. The third kappa shape index (κ3) is 3.59. The van der Waals surface area contributed by atoms with Crippen LogP contribution >= 0.6 is 12.4 Å². The van der Waals surface area contributed by atoms with E-state index in [-0.39, 0.29) is 24.4 Å². The number of rotatable bonds is 4. The molecule has 2 aromatic rings. The summed E-state index contributed by atoms with van der Waals surface area (Å²) >= 11 is 0. The lowest BCUT2D eigenvalue weighted by Crippen LogP contribution is -2.41. The lowest BCUT2D eigenvalue weighted by atomic mass is 10.2. The highest BCUT2D eigenvalue weighted by Gasteiger charge is 2.32. The Morgan fingerprint density at radius 2 is 2.07 bits per heavy atom. The zero-order valence-corrected chi connectivity index (χ0v) is 16.3. The third-order valence-electron chi connectivity index (χ3n) is 4.95. The van der Waals surface area contributed by atoms with Crippen molar-refractivity contribution in [1.82, 2.24) is 25.2 Å². The van der Waals surface area contributed by atoms with Gasteiger partial charge >= 0.3 is 0 Å². The molecule has 27 heavy (non-hydrogen) atoms. The maximum Gasteiger partial charge on any atom is 0.276 e. The van der Waals surface area contributed by atoms with Gasteiger partial charge in [0.25, 0.3) is 5.91 Å². The summed E-state index contributed by atoms with van der Waals surface area (Å²) < 4.78 is 12.9. The molecule has 0 spiro atoms. The minimum absolute atomic E-state index is 0. The number of fused-ring (bicyclic) bond motifs is 1. The molecule has 1 amide bonds. The summed E-state index contributed by atoms with van der Waals surface area (Å²) in [5.74, 6) is 1.36. The van der Waals surface area contributed by atoms with E-state index >= 15 is 0 Å². The molecule has 2 aliphatic rings. The molecule has 1 unspecified atom stereocenters. The lowest BCUT2D eigenvalue weighted by molar-refractivity contribution is 0.0730. The highest BCUT2D eigenvalue weighted by Crippen LogP contribution is 2.32. The number of ether oxygens (including phenoxy) is 2. The first-order chi connectivity index (χ1) is 12.7. The van der Waals surface area contributed by atoms with Crippen LogP contribution in [0.5, 0.6) is 11.5 Å². The predicted molar refractivity (Wildman–Crippen MR) is 102 cm³/mol. The number of amides is 1. The fraction of sp³-hybridized carbons (Fsp3) is 0.500. The van der Waals surface area contributed by atoms with Gasteiger partial charge in [-0.15, -0.1) is 17.5 Å². The minimum Gasteiger partial charge on any atom is -0.486 e. The van der Waals surface area contributed by atoms with Crippen molar-refractivity contribution in [3.05, 3.63) is 29.6 Å². The number of benzene rings is 1. The highest BCUT2D eigenvalue weighted by molar-refractivity contribution is 5.93. The molecule has 0 bridgehead atoms. The van der Waals surface area contributed by atoms with Crippen LogP contribution < -0.4 is 14.8 Å². The van der Waals surface area contributed by atoms with Gasteiger partial charge in [0.1, 0.15) is 13.2 Å². The maximum absolute atomic E-state index is 13.0. The van der Waals surface area contributed by atoms with Crippen molar-refractivity contribution in [3.63, 3.8) is 0 Å². The SMILES string of the molecule is CNCC1CCCN1C(=O)c1nnn(-c2ccc3c(c2)OCCO3)c1C.Cl. The molecule has 1 aromatic heterocycles. The molecule has 1 fully saturated rings. The molecule has 8 nitrogen and oxygen atoms in total. The van der Waals surface area contributed by atoms with E-state index in [1.54, 1.807) is 4.68 Å². The van der Waals surface area contributed by atoms with Crippen LogP contribution in [0.15, 0.2) is 18.2 Å². The molecule has 0 radical (unpaired) electrons. The number of nitrogens with zero attached hydrogens (tertiary/aromatic N) is 4. The number of likely N-dealkylation sites (tertiary alicyclic amines) is 1. The Hall–Kier alpha value is -2.32. The van der Waals surface area contributed by atoms with Crippen molar-refractivity contribution < 1.29 is 14.3 Å². The number of halogens is 1. The van der Waals surface area contributed by atoms with Gasteiger partial charge in [0.05, 0.1) is 11.4 Å². The van der Waals surface area contributed by atoms with Gasteiger partial charge in [-0.25, -0.2) is 4.68 Å². The van der Waals surface area contributed by atoms with Gasteiger partial charge < -0.3 is 19.7 Å². The number of carbonyl (C=O) groups is 1. The van der Waals surface area contributed by atoms with Crippen LogP contribution in [0, 0.1) is 6.92 Å². The molecular weight excluding hydrogens is 370 g/mol. The molecule has 1 atom stereocenters. The van der Waals surface area contributed by atoms with E-state index in [2.05, 4.69) is 15.6 Å². The van der Waals surface area contributed by atoms with Gasteiger partial charge in [-0.2, -0.15) is 0 Å². The van der Waals surface area contributed by atoms with Crippen LogP contribution in [-0.2, 0) is 0 Å². The molecular formula is C18H24ClN5O3. The second kappa shape index (κ2) is 8.14. The zero-order chi connectivity index (χ0) is 18.1. The van der Waals surface area contributed by atoms with Crippen LogP contribution in [0.25, 0.3) is 5.69 Å². The van der Waals surface area contributed by atoms with Crippen LogP contribution in [0.4, 0.5) is 0 Å². The summed E-state index contributed by atoms with van der Waals surface area (Å²) in [5.41, 5.74) is 1.93. The summed E-state index contributed by atoms with van der Waals surface area (Å²) in [5, 5.41) is 11.5. The second-order valence-electron chi connectivity index (χ2n) is 6.62. The molecule has 4 rings (SSSR count). The molecule has 3 heterocycles. The molecule has 0 saturated carbocycles. The van der Waals surface area contributed by atoms with Crippen LogP contribution in [0.2, 0.25) is 0 Å². The topological polar surface area (TPSA) is 81.5 Å². The Bertz CT molecular complexity index is 825. The fourth-order valence-corrected chi connectivity index (χ4v) is 3.62. The molecule has 146 valence electrons. The Kier molecular flexibility index (Phi) is 5.86. The minimum atomic E-state index is -0.0518. The second-order valence-corrected chi connectivity index (χ2v) is 6.62. The van der Waals surface area contributed by atoms with E-state index in [0.29, 0.717) is 24.7 Å². The van der Waals surface area contributed by atoms with Crippen molar-refractivity contribution in [3.8, 4) is 17.2 Å². The van der Waals surface area contributed by atoms with Crippen molar-refractivity contribution in [2.45, 2.75) is 25.8 Å². The zero-order valence-electron chi connectivity index (χ0n) is 15.5. The summed E-state index contributed by atoms with van der Waals surface area (Å²) in [6.45, 7) is 4.51. The van der Waals surface area contributed by atoms with E-state index in [1.807, 2.05) is 37.1 Å². The Morgan fingerprint density at radius 3 is 2.85 bits per heavy atom. The van der Waals surface area contributed by atoms with E-state index in [1.165, 1.54) is 0 Å². The third-order valence-corrected chi connectivity index (χ3v) is 4.95. The Morgan fingerprint density at radius 1 is 1.30 bits per heavy atom. The Balaban J connectivity index is 0.00000210. The number of carbonyl (C=O) groups excluding carboxylic acids is 1. The van der Waals surface area contributed by atoms with E-state index in [9.17, 15) is 4.79 Å². The molecule has 0 aliphatic carbocycles. The first kappa shape index (κ1) is 19.4. The average molecular weight is 394 g/mol. The summed E-state index contributed by atoms with van der Waals surface area (Å²) in [4.78, 5) is 14.9.